The van der Waals surface area contributed by atoms with Gasteiger partial charge < -0.3 is 20.4 Å². The lowest BCUT2D eigenvalue weighted by Gasteiger charge is -2.55. The molecule has 35 heavy (non-hydrogen) atoms. The van der Waals surface area contributed by atoms with Crippen molar-refractivity contribution in [3.8, 4) is 0 Å². The molecule has 3 aliphatic carbocycles. The van der Waals surface area contributed by atoms with Gasteiger partial charge in [0.15, 0.2) is 0 Å². The number of aliphatic hydroxyl groups excluding tert-OH is 2. The van der Waals surface area contributed by atoms with Gasteiger partial charge in [0.25, 0.3) is 0 Å². The molecule has 0 saturated heterocycles. The molecule has 8 atom stereocenters. The minimum Gasteiger partial charge on any atom is -0.481 e. The van der Waals surface area contributed by atoms with E-state index >= 15 is 0 Å². The highest BCUT2D eigenvalue weighted by Gasteiger charge is 2.55. The second kappa shape index (κ2) is 10.5. The van der Waals surface area contributed by atoms with E-state index in [1.165, 1.54) is 11.1 Å². The number of carboxylic acids is 1. The molecule has 0 aromatic carbocycles. The summed E-state index contributed by atoms with van der Waals surface area (Å²) in [6, 6.07) is 0. The van der Waals surface area contributed by atoms with Crippen LogP contribution in [0.1, 0.15) is 92.4 Å². The number of rotatable bonds is 9. The Labute approximate surface area is 210 Å². The molecular formula is C29H46O6. The van der Waals surface area contributed by atoms with E-state index in [9.17, 15) is 30.0 Å². The number of hydrogen-bond donors (Lipinski definition) is 4. The van der Waals surface area contributed by atoms with Crippen LogP contribution in [0.15, 0.2) is 23.3 Å². The van der Waals surface area contributed by atoms with Crippen LogP contribution < -0.4 is 0 Å². The highest BCUT2D eigenvalue weighted by molar-refractivity contribution is 5.81. The van der Waals surface area contributed by atoms with Gasteiger partial charge in [-0.05, 0) is 75.5 Å². The Bertz CT molecular complexity index is 870. The third kappa shape index (κ3) is 5.45. The van der Waals surface area contributed by atoms with Crippen LogP contribution in [0.4, 0.5) is 0 Å². The number of Topliss-reactive ketones (excluding diaryl/α,β-unsaturated/α-hetero) is 1. The predicted molar refractivity (Wildman–Crippen MR) is 136 cm³/mol. The van der Waals surface area contributed by atoms with Crippen molar-refractivity contribution in [1.82, 2.24) is 0 Å². The van der Waals surface area contributed by atoms with Crippen molar-refractivity contribution in [2.75, 3.05) is 0 Å². The van der Waals surface area contributed by atoms with E-state index in [-0.39, 0.29) is 29.0 Å². The Hall–Kier alpha value is -1.50. The van der Waals surface area contributed by atoms with Gasteiger partial charge in [-0.15, -0.1) is 0 Å². The van der Waals surface area contributed by atoms with Crippen molar-refractivity contribution in [2.24, 2.45) is 35.0 Å². The first kappa shape index (κ1) is 28.1. The zero-order valence-electron chi connectivity index (χ0n) is 22.2. The van der Waals surface area contributed by atoms with Gasteiger partial charge in [-0.3, -0.25) is 9.59 Å². The molecule has 0 spiro atoms. The van der Waals surface area contributed by atoms with E-state index in [4.69, 9.17) is 0 Å². The van der Waals surface area contributed by atoms with Crippen LogP contribution in [0.2, 0.25) is 0 Å². The quantitative estimate of drug-likeness (QED) is 0.349. The van der Waals surface area contributed by atoms with Crippen molar-refractivity contribution in [2.45, 2.75) is 110 Å². The molecule has 3 aliphatic rings. The third-order valence-corrected chi connectivity index (χ3v) is 9.82. The normalized spacial score (nSPS) is 36.8. The lowest BCUT2D eigenvalue weighted by atomic mass is 9.50. The summed E-state index contributed by atoms with van der Waals surface area (Å²) in [5.41, 5.74) is 2.18. The van der Waals surface area contributed by atoms with Crippen molar-refractivity contribution in [1.29, 1.82) is 0 Å². The van der Waals surface area contributed by atoms with E-state index in [1.54, 1.807) is 6.92 Å². The van der Waals surface area contributed by atoms with Crippen molar-refractivity contribution < 1.29 is 30.0 Å². The number of hydrogen-bond acceptors (Lipinski definition) is 5. The summed E-state index contributed by atoms with van der Waals surface area (Å²) in [4.78, 5) is 25.0. The first-order valence-electron chi connectivity index (χ1n) is 13.4. The molecule has 3 rings (SSSR count). The average Bonchev–Trinajstić information content (AvgIpc) is 2.76. The molecular weight excluding hydrogens is 444 g/mol. The molecule has 1 saturated carbocycles. The van der Waals surface area contributed by atoms with Crippen molar-refractivity contribution in [3.05, 3.63) is 23.3 Å². The fourth-order valence-electron chi connectivity index (χ4n) is 7.17. The second-order valence-electron chi connectivity index (χ2n) is 12.3. The lowest BCUT2D eigenvalue weighted by Crippen LogP contribution is -2.52. The number of fused-ring (bicyclic) bond motifs is 2. The molecule has 0 radical (unpaired) electrons. The van der Waals surface area contributed by atoms with E-state index in [0.717, 1.165) is 18.4 Å². The van der Waals surface area contributed by atoms with Crippen molar-refractivity contribution >= 4 is 11.8 Å². The Balaban J connectivity index is 1.79. The molecule has 0 aromatic rings. The SMILES string of the molecule is C=C(C[C@H](O)[C@H](C)C(=O)CC[C@@H]1C2=C(CC[C@]1(C)O)[C@]1(C)CC[C@H](O)[C@@H](C(=O)O)[C@H]1CC2)C(C)C. The number of aliphatic carboxylic acids is 1. The smallest absolute Gasteiger partial charge is 0.309 e. The molecule has 0 aromatic heterocycles. The van der Waals surface area contributed by atoms with Crippen LogP contribution in [0.5, 0.6) is 0 Å². The van der Waals surface area contributed by atoms with Gasteiger partial charge in [0, 0.05) is 18.3 Å². The van der Waals surface area contributed by atoms with Gasteiger partial charge in [-0.25, -0.2) is 0 Å². The van der Waals surface area contributed by atoms with E-state index in [0.29, 0.717) is 44.9 Å². The van der Waals surface area contributed by atoms with Crippen LogP contribution in [0.25, 0.3) is 0 Å². The highest BCUT2D eigenvalue weighted by Crippen LogP contribution is 2.60. The van der Waals surface area contributed by atoms with Gasteiger partial charge in [-0.2, -0.15) is 0 Å². The fraction of sp³-hybridized carbons (Fsp3) is 0.793. The number of ketones is 1. The molecule has 6 heteroatoms. The van der Waals surface area contributed by atoms with Crippen LogP contribution in [0, 0.1) is 35.0 Å². The zero-order valence-corrected chi connectivity index (χ0v) is 22.2. The average molecular weight is 491 g/mol. The predicted octanol–water partition coefficient (Wildman–Crippen LogP) is 4.66. The monoisotopic (exact) mass is 490 g/mol. The summed E-state index contributed by atoms with van der Waals surface area (Å²) >= 11 is 0. The first-order chi connectivity index (χ1) is 16.2. The summed E-state index contributed by atoms with van der Waals surface area (Å²) < 4.78 is 0. The zero-order chi connectivity index (χ0) is 26.3. The molecule has 0 aliphatic heterocycles. The van der Waals surface area contributed by atoms with Gasteiger partial charge in [0.05, 0.1) is 23.7 Å². The van der Waals surface area contributed by atoms with E-state index < -0.39 is 35.6 Å². The minimum absolute atomic E-state index is 0.00390. The fourth-order valence-corrected chi connectivity index (χ4v) is 7.17. The number of carboxylic acid groups (broad SMARTS) is 1. The minimum atomic E-state index is -0.921. The summed E-state index contributed by atoms with van der Waals surface area (Å²) in [5.74, 6) is -2.17. The Kier molecular flexibility index (Phi) is 8.40. The maximum atomic E-state index is 13.0. The molecule has 198 valence electrons. The molecule has 0 amide bonds. The van der Waals surface area contributed by atoms with Crippen LogP contribution >= 0.6 is 0 Å². The van der Waals surface area contributed by atoms with Crippen LogP contribution in [-0.4, -0.2) is 50.0 Å². The van der Waals surface area contributed by atoms with Gasteiger partial charge in [0.1, 0.15) is 5.78 Å². The largest absolute Gasteiger partial charge is 0.481 e. The molecule has 0 bridgehead atoms. The summed E-state index contributed by atoms with van der Waals surface area (Å²) in [6.45, 7) is 13.9. The second-order valence-corrected chi connectivity index (χ2v) is 12.3. The molecule has 6 nitrogen and oxygen atoms in total. The van der Waals surface area contributed by atoms with E-state index in [2.05, 4.69) is 13.5 Å². The standard InChI is InChI=1S/C29H46O6/c1-16(2)17(3)15-25(32)18(4)23(30)10-9-21-19-7-8-22-26(27(33)34)24(31)12-13-28(22,5)20(19)11-14-29(21,6)35/h16,18,21-22,24-26,31-32,35H,3,7-15H2,1-2,4-6H3,(H,33,34)/t18-,21-,22-,24+,25+,26+,28+,29+/m1/s1. The third-order valence-electron chi connectivity index (χ3n) is 9.82. The van der Waals surface area contributed by atoms with E-state index in [1.807, 2.05) is 20.8 Å². The van der Waals surface area contributed by atoms with Gasteiger partial charge in [-0.1, -0.05) is 51.0 Å². The van der Waals surface area contributed by atoms with Crippen LogP contribution in [-0.2, 0) is 9.59 Å². The maximum Gasteiger partial charge on any atom is 0.309 e. The lowest BCUT2D eigenvalue weighted by molar-refractivity contribution is -0.156. The highest BCUT2D eigenvalue weighted by atomic mass is 16.4. The number of aliphatic hydroxyl groups is 3. The van der Waals surface area contributed by atoms with Gasteiger partial charge in [0.2, 0.25) is 0 Å². The summed E-state index contributed by atoms with van der Waals surface area (Å²) in [7, 11) is 0. The topological polar surface area (TPSA) is 115 Å². The van der Waals surface area contributed by atoms with Crippen LogP contribution in [0.3, 0.4) is 0 Å². The van der Waals surface area contributed by atoms with Crippen molar-refractivity contribution in [3.63, 3.8) is 0 Å². The number of allylic oxidation sites excluding steroid dienone is 1. The molecule has 4 N–H and O–H groups in total. The Morgan fingerprint density at radius 2 is 1.77 bits per heavy atom. The first-order valence-corrected chi connectivity index (χ1v) is 13.4. The summed E-state index contributed by atoms with van der Waals surface area (Å²) in [5, 5.41) is 42.2. The molecule has 0 unspecified atom stereocenters. The number of carbonyl (C=O) groups excluding carboxylic acids is 1. The maximum absolute atomic E-state index is 13.0. The molecule has 0 heterocycles. The molecule has 1 fully saturated rings. The van der Waals surface area contributed by atoms with Gasteiger partial charge >= 0.3 is 5.97 Å². The number of carbonyl (C=O) groups is 2. The Morgan fingerprint density at radius 3 is 2.37 bits per heavy atom. The summed E-state index contributed by atoms with van der Waals surface area (Å²) in [6.07, 6.45) is 3.58. The Morgan fingerprint density at radius 1 is 1.11 bits per heavy atom.